The van der Waals surface area contributed by atoms with E-state index in [0.29, 0.717) is 10.8 Å². The first-order chi connectivity index (χ1) is 10.1. The third kappa shape index (κ3) is 4.90. The summed E-state index contributed by atoms with van der Waals surface area (Å²) in [5.74, 6) is 0.345. The molecule has 5 heteroatoms. The van der Waals surface area contributed by atoms with Crippen molar-refractivity contribution in [3.63, 3.8) is 0 Å². The number of amides is 1. The Morgan fingerprint density at radius 3 is 2.76 bits per heavy atom. The molecule has 1 aromatic rings. The third-order valence-corrected chi connectivity index (χ3v) is 4.06. The summed E-state index contributed by atoms with van der Waals surface area (Å²) in [4.78, 5) is 11.9. The number of hydrogen-bond donors (Lipinski definition) is 2. The Morgan fingerprint density at radius 2 is 2.14 bits per heavy atom. The molecule has 2 N–H and O–H groups in total. The highest BCUT2D eigenvalue weighted by Gasteiger charge is 2.16. The first-order valence-corrected chi connectivity index (χ1v) is 7.83. The molecule has 0 radical (unpaired) electrons. The van der Waals surface area contributed by atoms with Gasteiger partial charge in [0.2, 0.25) is 0 Å². The fourth-order valence-electron chi connectivity index (χ4n) is 2.55. The summed E-state index contributed by atoms with van der Waals surface area (Å²) >= 11 is 6.08. The Labute approximate surface area is 130 Å². The lowest BCUT2D eigenvalue weighted by molar-refractivity contribution is -0.124. The topological polar surface area (TPSA) is 58.6 Å². The van der Waals surface area contributed by atoms with Crippen LogP contribution in [0, 0.1) is 0 Å². The van der Waals surface area contributed by atoms with Gasteiger partial charge in [0, 0.05) is 6.04 Å². The maximum Gasteiger partial charge on any atom is 0.258 e. The highest BCUT2D eigenvalue weighted by atomic mass is 35.5. The number of hydrogen-bond acceptors (Lipinski definition) is 3. The van der Waals surface area contributed by atoms with E-state index in [1.165, 1.54) is 19.3 Å². The minimum atomic E-state index is -0.578. The van der Waals surface area contributed by atoms with Crippen molar-refractivity contribution < 1.29 is 14.6 Å². The summed E-state index contributed by atoms with van der Waals surface area (Å²) in [5.41, 5.74) is 0.721. The van der Waals surface area contributed by atoms with E-state index in [1.54, 1.807) is 25.1 Å². The standard InChI is InChI=1S/C16H22ClNO3/c1-11(19)12-7-8-15(14(17)9-12)21-10-16(20)18-13-5-3-2-4-6-13/h7-9,11,13,19H,2-6,10H2,1H3,(H,18,20)/t11-/m0/s1. The number of carbonyl (C=O) groups is 1. The number of carbonyl (C=O) groups excluding carboxylic acids is 1. The number of nitrogens with one attached hydrogen (secondary N) is 1. The van der Waals surface area contributed by atoms with Gasteiger partial charge in [-0.1, -0.05) is 36.9 Å². The van der Waals surface area contributed by atoms with E-state index in [-0.39, 0.29) is 18.6 Å². The van der Waals surface area contributed by atoms with Gasteiger partial charge in [0.15, 0.2) is 6.61 Å². The van der Waals surface area contributed by atoms with Crippen LogP contribution in [0.4, 0.5) is 0 Å². The van der Waals surface area contributed by atoms with E-state index in [4.69, 9.17) is 16.3 Å². The van der Waals surface area contributed by atoms with Crippen molar-refractivity contribution >= 4 is 17.5 Å². The molecular weight excluding hydrogens is 290 g/mol. The van der Waals surface area contributed by atoms with Crippen LogP contribution in [0.5, 0.6) is 5.75 Å². The van der Waals surface area contributed by atoms with E-state index in [0.717, 1.165) is 18.4 Å². The molecule has 0 bridgehead atoms. The van der Waals surface area contributed by atoms with Gasteiger partial charge in [-0.2, -0.15) is 0 Å². The van der Waals surface area contributed by atoms with Crippen LogP contribution >= 0.6 is 11.6 Å². The predicted molar refractivity (Wildman–Crippen MR) is 82.6 cm³/mol. The van der Waals surface area contributed by atoms with Crippen LogP contribution in [0.15, 0.2) is 18.2 Å². The van der Waals surface area contributed by atoms with Crippen molar-refractivity contribution in [1.82, 2.24) is 5.32 Å². The smallest absolute Gasteiger partial charge is 0.258 e. The molecule has 0 aliphatic heterocycles. The summed E-state index contributed by atoms with van der Waals surface area (Å²) in [5, 5.41) is 12.9. The first-order valence-electron chi connectivity index (χ1n) is 7.46. The normalized spacial score (nSPS) is 17.3. The molecule has 0 aromatic heterocycles. The summed E-state index contributed by atoms with van der Waals surface area (Å²) in [7, 11) is 0. The quantitative estimate of drug-likeness (QED) is 0.878. The zero-order valence-corrected chi connectivity index (χ0v) is 13.0. The zero-order chi connectivity index (χ0) is 15.2. The van der Waals surface area contributed by atoms with Gasteiger partial charge in [-0.15, -0.1) is 0 Å². The molecule has 1 aromatic carbocycles. The molecule has 0 spiro atoms. The lowest BCUT2D eigenvalue weighted by Crippen LogP contribution is -2.38. The van der Waals surface area contributed by atoms with E-state index >= 15 is 0 Å². The highest BCUT2D eigenvalue weighted by Crippen LogP contribution is 2.27. The predicted octanol–water partition coefficient (Wildman–Crippen LogP) is 3.22. The molecule has 2 rings (SSSR count). The van der Waals surface area contributed by atoms with Crippen LogP contribution in [0.1, 0.15) is 50.7 Å². The van der Waals surface area contributed by atoms with E-state index in [1.807, 2.05) is 0 Å². The van der Waals surface area contributed by atoms with Crippen molar-refractivity contribution in [3.05, 3.63) is 28.8 Å². The van der Waals surface area contributed by atoms with E-state index in [9.17, 15) is 9.90 Å². The van der Waals surface area contributed by atoms with Gasteiger partial charge in [0.05, 0.1) is 11.1 Å². The highest BCUT2D eigenvalue weighted by molar-refractivity contribution is 6.32. The molecule has 1 aliphatic rings. The molecule has 1 fully saturated rings. The average molecular weight is 312 g/mol. The van der Waals surface area contributed by atoms with Crippen molar-refractivity contribution in [2.24, 2.45) is 0 Å². The van der Waals surface area contributed by atoms with Crippen LogP contribution < -0.4 is 10.1 Å². The monoisotopic (exact) mass is 311 g/mol. The van der Waals surface area contributed by atoms with Crippen molar-refractivity contribution in [2.45, 2.75) is 51.2 Å². The van der Waals surface area contributed by atoms with Gasteiger partial charge in [0.1, 0.15) is 5.75 Å². The fraction of sp³-hybridized carbons (Fsp3) is 0.562. The Balaban J connectivity index is 1.83. The maximum atomic E-state index is 11.9. The molecule has 1 aliphatic carbocycles. The van der Waals surface area contributed by atoms with Crippen LogP contribution in [0.3, 0.4) is 0 Å². The van der Waals surface area contributed by atoms with Gasteiger partial charge in [-0.3, -0.25) is 4.79 Å². The second kappa shape index (κ2) is 7.66. The molecule has 4 nitrogen and oxygen atoms in total. The number of aliphatic hydroxyl groups excluding tert-OH is 1. The second-order valence-corrected chi connectivity index (χ2v) is 5.96. The summed E-state index contributed by atoms with van der Waals surface area (Å²) in [6.07, 6.45) is 5.14. The summed E-state index contributed by atoms with van der Waals surface area (Å²) in [6.45, 7) is 1.63. The van der Waals surface area contributed by atoms with Gasteiger partial charge in [0.25, 0.3) is 5.91 Å². The molecule has 0 unspecified atom stereocenters. The van der Waals surface area contributed by atoms with Gasteiger partial charge in [-0.25, -0.2) is 0 Å². The number of rotatable bonds is 5. The second-order valence-electron chi connectivity index (χ2n) is 5.56. The van der Waals surface area contributed by atoms with Crippen molar-refractivity contribution in [3.8, 4) is 5.75 Å². The largest absolute Gasteiger partial charge is 0.482 e. The lowest BCUT2D eigenvalue weighted by Gasteiger charge is -2.22. The molecule has 0 heterocycles. The number of aliphatic hydroxyl groups is 1. The SMILES string of the molecule is C[C@H](O)c1ccc(OCC(=O)NC2CCCCC2)c(Cl)c1. The first kappa shape index (κ1) is 16.1. The zero-order valence-electron chi connectivity index (χ0n) is 12.3. The average Bonchev–Trinajstić information content (AvgIpc) is 2.47. The number of ether oxygens (including phenoxy) is 1. The number of benzene rings is 1. The number of halogens is 1. The van der Waals surface area contributed by atoms with Gasteiger partial charge < -0.3 is 15.2 Å². The Morgan fingerprint density at radius 1 is 1.43 bits per heavy atom. The third-order valence-electron chi connectivity index (χ3n) is 3.77. The fourth-order valence-corrected chi connectivity index (χ4v) is 2.80. The summed E-state index contributed by atoms with van der Waals surface area (Å²) < 4.78 is 5.45. The summed E-state index contributed by atoms with van der Waals surface area (Å²) in [6, 6.07) is 5.35. The minimum absolute atomic E-state index is 0.0375. The molecule has 0 saturated heterocycles. The minimum Gasteiger partial charge on any atom is -0.482 e. The van der Waals surface area contributed by atoms with Crippen LogP contribution in [-0.2, 0) is 4.79 Å². The molecule has 1 saturated carbocycles. The van der Waals surface area contributed by atoms with E-state index in [2.05, 4.69) is 5.32 Å². The molecule has 1 atom stereocenters. The van der Waals surface area contributed by atoms with Gasteiger partial charge >= 0.3 is 0 Å². The maximum absolute atomic E-state index is 11.9. The van der Waals surface area contributed by atoms with Crippen LogP contribution in [-0.4, -0.2) is 23.7 Å². The molecular formula is C16H22ClNO3. The molecule has 1 amide bonds. The Hall–Kier alpha value is -1.26. The van der Waals surface area contributed by atoms with Crippen LogP contribution in [0.2, 0.25) is 5.02 Å². The van der Waals surface area contributed by atoms with Crippen molar-refractivity contribution in [2.75, 3.05) is 6.61 Å². The van der Waals surface area contributed by atoms with E-state index < -0.39 is 6.10 Å². The molecule has 21 heavy (non-hydrogen) atoms. The Bertz CT molecular complexity index is 484. The van der Waals surface area contributed by atoms with Crippen LogP contribution in [0.25, 0.3) is 0 Å². The Kier molecular flexibility index (Phi) is 5.88. The molecule has 116 valence electrons. The lowest BCUT2D eigenvalue weighted by atomic mass is 9.95. The van der Waals surface area contributed by atoms with Gasteiger partial charge in [-0.05, 0) is 37.5 Å². The van der Waals surface area contributed by atoms with Crippen molar-refractivity contribution in [1.29, 1.82) is 0 Å².